The van der Waals surface area contributed by atoms with Gasteiger partial charge in [-0.15, -0.1) is 0 Å². The number of sulfonamides is 1. The number of fused-ring (bicyclic) bond motifs is 1. The molecule has 7 heteroatoms. The maximum atomic E-state index is 13.9. The zero-order chi connectivity index (χ0) is 21.5. The minimum absolute atomic E-state index is 0.0169. The van der Waals surface area contributed by atoms with Gasteiger partial charge in [-0.2, -0.15) is 0 Å². The Kier molecular flexibility index (Phi) is 5.24. The molecule has 1 aliphatic carbocycles. The Bertz CT molecular complexity index is 1160. The number of para-hydroxylation sites is 1. The average Bonchev–Trinajstić information content (AvgIpc) is 3.26. The topological polar surface area (TPSA) is 74.8 Å². The van der Waals surface area contributed by atoms with E-state index >= 15 is 0 Å². The van der Waals surface area contributed by atoms with Crippen LogP contribution in [-0.2, 0) is 10.0 Å². The predicted octanol–water partition coefficient (Wildman–Crippen LogP) is 3.54. The van der Waals surface area contributed by atoms with Crippen molar-refractivity contribution in [2.75, 3.05) is 23.9 Å². The molecule has 0 amide bonds. The smallest absolute Gasteiger partial charge is 0.270 e. The van der Waals surface area contributed by atoms with Crippen molar-refractivity contribution in [1.82, 2.24) is 4.90 Å². The summed E-state index contributed by atoms with van der Waals surface area (Å²) in [4.78, 5) is 28.2. The van der Waals surface area contributed by atoms with Crippen LogP contribution in [-0.4, -0.2) is 44.5 Å². The molecule has 1 heterocycles. The van der Waals surface area contributed by atoms with E-state index in [4.69, 9.17) is 0 Å². The van der Waals surface area contributed by atoms with E-state index in [-0.39, 0.29) is 23.4 Å². The second-order valence-electron chi connectivity index (χ2n) is 7.53. The molecule has 6 nitrogen and oxygen atoms in total. The molecule has 2 aromatic rings. The number of anilines is 1. The SMILES string of the molecule is CCN(c1ccccc1C)S(=O)(=O)C1=C(N2CCCC2)C(=O)c2ccccc2C1=O. The van der Waals surface area contributed by atoms with Crippen molar-refractivity contribution in [3.05, 3.63) is 75.8 Å². The zero-order valence-electron chi connectivity index (χ0n) is 17.1. The van der Waals surface area contributed by atoms with Crippen LogP contribution in [0.25, 0.3) is 0 Å². The van der Waals surface area contributed by atoms with Crippen molar-refractivity contribution in [2.24, 2.45) is 0 Å². The number of nitrogens with zero attached hydrogens (tertiary/aromatic N) is 2. The highest BCUT2D eigenvalue weighted by Crippen LogP contribution is 2.36. The fraction of sp³-hybridized carbons (Fsp3) is 0.304. The number of likely N-dealkylation sites (tertiary alicyclic amines) is 1. The lowest BCUT2D eigenvalue weighted by molar-refractivity contribution is 0.0953. The van der Waals surface area contributed by atoms with Crippen molar-refractivity contribution in [2.45, 2.75) is 26.7 Å². The van der Waals surface area contributed by atoms with Crippen LogP contribution in [0.2, 0.25) is 0 Å². The molecule has 1 saturated heterocycles. The van der Waals surface area contributed by atoms with Crippen molar-refractivity contribution in [1.29, 1.82) is 0 Å². The number of allylic oxidation sites excluding steroid dienone is 2. The molecule has 0 unspecified atom stereocenters. The monoisotopic (exact) mass is 424 g/mol. The molecule has 4 rings (SSSR count). The first kappa shape index (κ1) is 20.3. The molecule has 156 valence electrons. The number of benzene rings is 2. The van der Waals surface area contributed by atoms with Gasteiger partial charge in [-0.05, 0) is 38.3 Å². The van der Waals surface area contributed by atoms with E-state index in [1.807, 2.05) is 19.1 Å². The molecular weight excluding hydrogens is 400 g/mol. The van der Waals surface area contributed by atoms with Crippen LogP contribution in [0.3, 0.4) is 0 Å². The van der Waals surface area contributed by atoms with Gasteiger partial charge in [0.25, 0.3) is 10.0 Å². The van der Waals surface area contributed by atoms with Crippen molar-refractivity contribution in [3.63, 3.8) is 0 Å². The Morgan fingerprint density at radius 2 is 1.47 bits per heavy atom. The van der Waals surface area contributed by atoms with E-state index in [0.717, 1.165) is 18.4 Å². The van der Waals surface area contributed by atoms with Crippen LogP contribution in [0.15, 0.2) is 59.1 Å². The molecule has 0 saturated carbocycles. The number of hydrogen-bond acceptors (Lipinski definition) is 5. The highest BCUT2D eigenvalue weighted by Gasteiger charge is 2.44. The van der Waals surface area contributed by atoms with Crippen molar-refractivity contribution in [3.8, 4) is 0 Å². The maximum Gasteiger partial charge on any atom is 0.270 e. The van der Waals surface area contributed by atoms with E-state index < -0.39 is 26.5 Å². The first-order valence-electron chi connectivity index (χ1n) is 10.1. The van der Waals surface area contributed by atoms with Crippen molar-refractivity contribution >= 4 is 27.3 Å². The summed E-state index contributed by atoms with van der Waals surface area (Å²) in [5, 5.41) is 0. The molecule has 0 bridgehead atoms. The normalized spacial score (nSPS) is 16.8. The number of Topliss-reactive ketones (excluding diaryl/α,β-unsaturated/α-hetero) is 2. The highest BCUT2D eigenvalue weighted by atomic mass is 32.2. The summed E-state index contributed by atoms with van der Waals surface area (Å²) in [7, 11) is -4.26. The third-order valence-corrected chi connectivity index (χ3v) is 7.62. The summed E-state index contributed by atoms with van der Waals surface area (Å²) in [5.74, 6) is -1.01. The van der Waals surface area contributed by atoms with Crippen LogP contribution in [0.4, 0.5) is 5.69 Å². The number of carbonyl (C=O) groups is 2. The standard InChI is InChI=1S/C23H24N2O4S/c1-3-25(19-13-7-4-10-16(19)2)30(28,29)23-20(24-14-8-9-15-24)21(26)17-11-5-6-12-18(17)22(23)27/h4-7,10-13H,3,8-9,14-15H2,1-2H3. The van der Waals surface area contributed by atoms with Gasteiger partial charge in [0.15, 0.2) is 4.91 Å². The zero-order valence-corrected chi connectivity index (χ0v) is 17.9. The number of carbonyl (C=O) groups excluding carboxylic acids is 2. The Labute approximate surface area is 176 Å². The number of rotatable bonds is 5. The molecule has 0 aromatic heterocycles. The van der Waals surface area contributed by atoms with Crippen LogP contribution < -0.4 is 4.31 Å². The molecule has 2 aliphatic rings. The summed E-state index contributed by atoms with van der Waals surface area (Å²) in [6.45, 7) is 4.82. The molecule has 1 aliphatic heterocycles. The third kappa shape index (κ3) is 3.13. The molecule has 0 N–H and O–H groups in total. The first-order valence-corrected chi connectivity index (χ1v) is 11.6. The average molecular weight is 425 g/mol. The lowest BCUT2D eigenvalue weighted by Gasteiger charge is -2.31. The molecule has 1 fully saturated rings. The Morgan fingerprint density at radius 3 is 2.07 bits per heavy atom. The van der Waals surface area contributed by atoms with Gasteiger partial charge in [0, 0.05) is 30.8 Å². The van der Waals surface area contributed by atoms with Gasteiger partial charge in [-0.1, -0.05) is 42.5 Å². The molecule has 2 aromatic carbocycles. The second-order valence-corrected chi connectivity index (χ2v) is 9.33. The predicted molar refractivity (Wildman–Crippen MR) is 116 cm³/mol. The molecule has 0 atom stereocenters. The largest absolute Gasteiger partial charge is 0.367 e. The number of hydrogen-bond donors (Lipinski definition) is 0. The third-order valence-electron chi connectivity index (χ3n) is 5.69. The molecule has 30 heavy (non-hydrogen) atoms. The van der Waals surface area contributed by atoms with E-state index in [1.54, 1.807) is 42.2 Å². The lowest BCUT2D eigenvalue weighted by Crippen LogP contribution is -2.41. The summed E-state index contributed by atoms with van der Waals surface area (Å²) < 4.78 is 29.0. The summed E-state index contributed by atoms with van der Waals surface area (Å²) in [6.07, 6.45) is 1.71. The van der Waals surface area contributed by atoms with Crippen LogP contribution >= 0.6 is 0 Å². The molecule has 0 spiro atoms. The molecule has 0 radical (unpaired) electrons. The van der Waals surface area contributed by atoms with Crippen LogP contribution in [0, 0.1) is 6.92 Å². The van der Waals surface area contributed by atoms with Gasteiger partial charge in [0.1, 0.15) is 5.70 Å². The first-order chi connectivity index (χ1) is 14.4. The number of ketones is 2. The summed E-state index contributed by atoms with van der Waals surface area (Å²) in [5.41, 5.74) is 1.71. The van der Waals surface area contributed by atoms with E-state index in [0.29, 0.717) is 18.8 Å². The van der Waals surface area contributed by atoms with Gasteiger partial charge < -0.3 is 4.90 Å². The second kappa shape index (κ2) is 7.72. The van der Waals surface area contributed by atoms with E-state index in [9.17, 15) is 18.0 Å². The maximum absolute atomic E-state index is 13.9. The van der Waals surface area contributed by atoms with Crippen LogP contribution in [0.1, 0.15) is 46.0 Å². The summed E-state index contributed by atoms with van der Waals surface area (Å²) >= 11 is 0. The quantitative estimate of drug-likeness (QED) is 0.734. The summed E-state index contributed by atoms with van der Waals surface area (Å²) in [6, 6.07) is 13.6. The van der Waals surface area contributed by atoms with Crippen molar-refractivity contribution < 1.29 is 18.0 Å². The Balaban J connectivity index is 1.96. The van der Waals surface area contributed by atoms with Gasteiger partial charge in [-0.25, -0.2) is 8.42 Å². The lowest BCUT2D eigenvalue weighted by atomic mass is 9.92. The fourth-order valence-electron chi connectivity index (χ4n) is 4.23. The van der Waals surface area contributed by atoms with Crippen LogP contribution in [0.5, 0.6) is 0 Å². The fourth-order valence-corrected chi connectivity index (χ4v) is 6.06. The Morgan fingerprint density at radius 1 is 0.900 bits per heavy atom. The van der Waals surface area contributed by atoms with E-state index in [2.05, 4.69) is 0 Å². The molecular formula is C23H24N2O4S. The van der Waals surface area contributed by atoms with Gasteiger partial charge in [0.05, 0.1) is 5.69 Å². The van der Waals surface area contributed by atoms with E-state index in [1.165, 1.54) is 10.4 Å². The minimum atomic E-state index is -4.26. The Hall–Kier alpha value is -2.93. The van der Waals surface area contributed by atoms with Gasteiger partial charge in [0.2, 0.25) is 11.6 Å². The minimum Gasteiger partial charge on any atom is -0.367 e. The van der Waals surface area contributed by atoms with Gasteiger partial charge >= 0.3 is 0 Å². The van der Waals surface area contributed by atoms with Gasteiger partial charge in [-0.3, -0.25) is 13.9 Å². The number of aryl methyl sites for hydroxylation is 1. The highest BCUT2D eigenvalue weighted by molar-refractivity contribution is 7.97.